The van der Waals surface area contributed by atoms with Crippen LogP contribution in [-0.2, 0) is 0 Å². The number of hydrogen-bond acceptors (Lipinski definition) is 4. The van der Waals surface area contributed by atoms with Crippen LogP contribution in [-0.4, -0.2) is 15.0 Å². The molecule has 0 bridgehead atoms. The molecule has 2 rings (SSSR count). The summed E-state index contributed by atoms with van der Waals surface area (Å²) in [5.41, 5.74) is 8.79. The molecule has 0 aliphatic heterocycles. The van der Waals surface area contributed by atoms with Gasteiger partial charge >= 0.3 is 0 Å². The molecule has 88 valence electrons. The van der Waals surface area contributed by atoms with E-state index in [-0.39, 0.29) is 6.04 Å². The zero-order valence-electron chi connectivity index (χ0n) is 10.0. The van der Waals surface area contributed by atoms with E-state index in [1.165, 1.54) is 0 Å². The summed E-state index contributed by atoms with van der Waals surface area (Å²) in [6.45, 7) is 4.16. The molecule has 0 saturated carbocycles. The van der Waals surface area contributed by atoms with Crippen LogP contribution in [0.4, 0.5) is 0 Å². The lowest BCUT2D eigenvalue weighted by molar-refractivity contribution is 0.502. The molecule has 1 unspecified atom stereocenters. The minimum Gasteiger partial charge on any atom is -0.322 e. The Hall–Kier alpha value is -1.81. The first-order chi connectivity index (χ1) is 8.18. The Morgan fingerprint density at radius 2 is 2.06 bits per heavy atom. The molecule has 17 heavy (non-hydrogen) atoms. The van der Waals surface area contributed by atoms with Crippen LogP contribution < -0.4 is 5.73 Å². The molecule has 2 N–H and O–H groups in total. The first-order valence-corrected chi connectivity index (χ1v) is 5.66. The topological polar surface area (TPSA) is 64.7 Å². The van der Waals surface area contributed by atoms with Crippen molar-refractivity contribution in [1.29, 1.82) is 0 Å². The Kier molecular flexibility index (Phi) is 3.44. The van der Waals surface area contributed by atoms with Crippen LogP contribution in [0.25, 0.3) is 11.3 Å². The van der Waals surface area contributed by atoms with Crippen molar-refractivity contribution in [2.75, 3.05) is 0 Å². The molecule has 1 atom stereocenters. The van der Waals surface area contributed by atoms with Gasteiger partial charge < -0.3 is 5.73 Å². The van der Waals surface area contributed by atoms with Gasteiger partial charge in [-0.2, -0.15) is 0 Å². The number of pyridine rings is 1. The molecule has 4 nitrogen and oxygen atoms in total. The molecule has 2 aromatic rings. The highest BCUT2D eigenvalue weighted by Crippen LogP contribution is 2.21. The van der Waals surface area contributed by atoms with Gasteiger partial charge in [0.25, 0.3) is 0 Å². The summed E-state index contributed by atoms with van der Waals surface area (Å²) in [6, 6.07) is 5.73. The zero-order chi connectivity index (χ0) is 12.3. The molecule has 0 spiro atoms. The van der Waals surface area contributed by atoms with Gasteiger partial charge in [-0.15, -0.1) is 0 Å². The highest BCUT2D eigenvalue weighted by atomic mass is 14.9. The van der Waals surface area contributed by atoms with Crippen LogP contribution in [0.1, 0.15) is 25.6 Å². The lowest BCUT2D eigenvalue weighted by Crippen LogP contribution is -2.18. The summed E-state index contributed by atoms with van der Waals surface area (Å²) in [4.78, 5) is 12.6. The van der Waals surface area contributed by atoms with Gasteiger partial charge in [-0.25, -0.2) is 9.97 Å². The Morgan fingerprint density at radius 3 is 2.71 bits per heavy atom. The molecule has 0 aromatic carbocycles. The Morgan fingerprint density at radius 1 is 1.24 bits per heavy atom. The fourth-order valence-corrected chi connectivity index (χ4v) is 1.57. The van der Waals surface area contributed by atoms with Crippen molar-refractivity contribution in [2.24, 2.45) is 11.7 Å². The van der Waals surface area contributed by atoms with Crippen molar-refractivity contribution in [2.45, 2.75) is 19.9 Å². The third-order valence-electron chi connectivity index (χ3n) is 2.71. The summed E-state index contributed by atoms with van der Waals surface area (Å²) in [7, 11) is 0. The predicted octanol–water partition coefficient (Wildman–Crippen LogP) is 2.19. The lowest BCUT2D eigenvalue weighted by atomic mass is 10.0. The van der Waals surface area contributed by atoms with Gasteiger partial charge in [0.2, 0.25) is 0 Å². The maximum Gasteiger partial charge on any atom is 0.116 e. The summed E-state index contributed by atoms with van der Waals surface area (Å²) in [6.07, 6.45) is 5.08. The van der Waals surface area contributed by atoms with Crippen molar-refractivity contribution in [3.8, 4) is 11.3 Å². The fraction of sp³-hybridized carbons (Fsp3) is 0.308. The van der Waals surface area contributed by atoms with E-state index in [1.807, 2.05) is 18.2 Å². The average molecular weight is 228 g/mol. The van der Waals surface area contributed by atoms with Gasteiger partial charge in [0.05, 0.1) is 11.4 Å². The highest BCUT2D eigenvalue weighted by molar-refractivity contribution is 5.57. The third kappa shape index (κ3) is 2.65. The molecule has 0 aliphatic carbocycles. The smallest absolute Gasteiger partial charge is 0.116 e. The van der Waals surface area contributed by atoms with Gasteiger partial charge in [0, 0.05) is 24.0 Å². The summed E-state index contributed by atoms with van der Waals surface area (Å²) in [5.74, 6) is 0.353. The van der Waals surface area contributed by atoms with Gasteiger partial charge in [0.15, 0.2) is 0 Å². The number of rotatable bonds is 3. The van der Waals surface area contributed by atoms with Crippen molar-refractivity contribution in [1.82, 2.24) is 15.0 Å². The van der Waals surface area contributed by atoms with E-state index in [0.717, 1.165) is 17.0 Å². The molecule has 0 aliphatic rings. The van der Waals surface area contributed by atoms with E-state index in [1.54, 1.807) is 18.7 Å². The second-order valence-electron chi connectivity index (χ2n) is 4.34. The fourth-order valence-electron chi connectivity index (χ4n) is 1.57. The van der Waals surface area contributed by atoms with Crippen LogP contribution in [0.3, 0.4) is 0 Å². The van der Waals surface area contributed by atoms with Crippen LogP contribution >= 0.6 is 0 Å². The van der Waals surface area contributed by atoms with Crippen LogP contribution in [0.2, 0.25) is 0 Å². The number of nitrogens with two attached hydrogens (primary N) is 1. The largest absolute Gasteiger partial charge is 0.322 e. The Labute approximate surface area is 101 Å². The van der Waals surface area contributed by atoms with E-state index < -0.39 is 0 Å². The second kappa shape index (κ2) is 5.01. The van der Waals surface area contributed by atoms with Crippen LogP contribution in [0, 0.1) is 5.92 Å². The van der Waals surface area contributed by atoms with E-state index in [2.05, 4.69) is 28.8 Å². The normalized spacial score (nSPS) is 12.7. The van der Waals surface area contributed by atoms with Crippen molar-refractivity contribution < 1.29 is 0 Å². The zero-order valence-corrected chi connectivity index (χ0v) is 10.0. The van der Waals surface area contributed by atoms with Crippen LogP contribution in [0.5, 0.6) is 0 Å². The molecule has 0 radical (unpaired) electrons. The highest BCUT2D eigenvalue weighted by Gasteiger charge is 2.13. The molecule has 2 aromatic heterocycles. The summed E-state index contributed by atoms with van der Waals surface area (Å²) < 4.78 is 0. The van der Waals surface area contributed by atoms with E-state index in [0.29, 0.717) is 5.92 Å². The molecule has 2 heterocycles. The van der Waals surface area contributed by atoms with Gasteiger partial charge in [-0.1, -0.05) is 13.8 Å². The predicted molar refractivity (Wildman–Crippen MR) is 67.0 cm³/mol. The van der Waals surface area contributed by atoms with E-state index in [9.17, 15) is 0 Å². The summed E-state index contributed by atoms with van der Waals surface area (Å²) >= 11 is 0. The first-order valence-electron chi connectivity index (χ1n) is 5.66. The van der Waals surface area contributed by atoms with Gasteiger partial charge in [0.1, 0.15) is 6.33 Å². The maximum absolute atomic E-state index is 6.08. The molecule has 4 heteroatoms. The Bertz CT molecular complexity index is 482. The van der Waals surface area contributed by atoms with Crippen molar-refractivity contribution in [3.05, 3.63) is 42.6 Å². The Balaban J connectivity index is 2.35. The molecule has 0 amide bonds. The number of aromatic nitrogens is 3. The van der Waals surface area contributed by atoms with E-state index >= 15 is 0 Å². The summed E-state index contributed by atoms with van der Waals surface area (Å²) in [5, 5.41) is 0. The monoisotopic (exact) mass is 228 g/mol. The molecule has 0 saturated heterocycles. The molecular formula is C13H16N4. The minimum atomic E-state index is -0.0616. The number of nitrogens with zero attached hydrogens (tertiary/aromatic N) is 3. The SMILES string of the molecule is CC(C)C(N)c1cc(-c2cccnc2)ncn1. The first kappa shape index (κ1) is 11.7. The lowest BCUT2D eigenvalue weighted by Gasteiger charge is -2.15. The maximum atomic E-state index is 6.08. The standard InChI is InChI=1S/C13H16N4/c1-9(2)13(14)12-6-11(16-8-17-12)10-4-3-5-15-7-10/h3-9,13H,14H2,1-2H3. The minimum absolute atomic E-state index is 0.0616. The molecule has 0 fully saturated rings. The molecular weight excluding hydrogens is 212 g/mol. The average Bonchev–Trinajstić information content (AvgIpc) is 2.39. The quantitative estimate of drug-likeness (QED) is 0.874. The van der Waals surface area contributed by atoms with Gasteiger partial charge in [-0.3, -0.25) is 4.98 Å². The van der Waals surface area contributed by atoms with Gasteiger partial charge in [-0.05, 0) is 24.1 Å². The second-order valence-corrected chi connectivity index (χ2v) is 4.34. The number of hydrogen-bond donors (Lipinski definition) is 1. The van der Waals surface area contributed by atoms with Crippen LogP contribution in [0.15, 0.2) is 36.9 Å². The van der Waals surface area contributed by atoms with Crippen molar-refractivity contribution in [3.63, 3.8) is 0 Å². The van der Waals surface area contributed by atoms with Crippen molar-refractivity contribution >= 4 is 0 Å². The third-order valence-corrected chi connectivity index (χ3v) is 2.71. The van der Waals surface area contributed by atoms with E-state index in [4.69, 9.17) is 5.73 Å².